The van der Waals surface area contributed by atoms with Crippen LogP contribution in [0.5, 0.6) is 5.75 Å². The molecule has 3 rings (SSSR count). The van der Waals surface area contributed by atoms with Crippen molar-refractivity contribution in [3.8, 4) is 16.3 Å². The topological polar surface area (TPSA) is 25.4 Å². The Morgan fingerprint density at radius 2 is 1.71 bits per heavy atom. The van der Waals surface area contributed by atoms with Crippen LogP contribution < -0.4 is 4.74 Å². The second-order valence-corrected chi connectivity index (χ2v) is 6.89. The third-order valence-corrected chi connectivity index (χ3v) is 4.83. The van der Waals surface area contributed by atoms with Crippen LogP contribution in [0.2, 0.25) is 0 Å². The minimum absolute atomic E-state index is 0.848. The smallest absolute Gasteiger partial charge is 0.123 e. The average molecular weight is 338 g/mol. The van der Waals surface area contributed by atoms with Crippen LogP contribution in [-0.2, 0) is 13.1 Å². The first-order valence-corrected chi connectivity index (χ1v) is 8.85. The molecule has 0 saturated heterocycles. The second-order valence-electron chi connectivity index (χ2n) is 6.03. The van der Waals surface area contributed by atoms with Crippen molar-refractivity contribution in [3.63, 3.8) is 0 Å². The van der Waals surface area contributed by atoms with E-state index in [4.69, 9.17) is 9.72 Å². The summed E-state index contributed by atoms with van der Waals surface area (Å²) in [5.74, 6) is 0.869. The number of hydrogen-bond donors (Lipinski definition) is 0. The maximum absolute atomic E-state index is 5.20. The maximum atomic E-state index is 5.20. The molecule has 0 aliphatic rings. The molecule has 0 radical (unpaired) electrons. The summed E-state index contributed by atoms with van der Waals surface area (Å²) in [6, 6.07) is 16.8. The van der Waals surface area contributed by atoms with E-state index in [1.807, 2.05) is 12.1 Å². The molecular weight excluding hydrogens is 316 g/mol. The molecule has 24 heavy (non-hydrogen) atoms. The Bertz CT molecular complexity index is 778. The number of methoxy groups -OCH3 is 1. The summed E-state index contributed by atoms with van der Waals surface area (Å²) in [7, 11) is 3.81. The number of ether oxygens (including phenoxy) is 1. The van der Waals surface area contributed by atoms with Gasteiger partial charge in [0.2, 0.25) is 0 Å². The molecule has 0 aliphatic heterocycles. The van der Waals surface area contributed by atoms with Gasteiger partial charge >= 0.3 is 0 Å². The highest BCUT2D eigenvalue weighted by atomic mass is 32.1. The maximum Gasteiger partial charge on any atom is 0.123 e. The number of aromatic nitrogens is 1. The van der Waals surface area contributed by atoms with Gasteiger partial charge in [0, 0.05) is 24.0 Å². The quantitative estimate of drug-likeness (QED) is 0.648. The predicted octanol–water partition coefficient (Wildman–Crippen LogP) is 4.76. The van der Waals surface area contributed by atoms with Crippen molar-refractivity contribution in [2.24, 2.45) is 0 Å². The van der Waals surface area contributed by atoms with Gasteiger partial charge in [0.1, 0.15) is 10.8 Å². The Kier molecular flexibility index (Phi) is 5.28. The molecular formula is C20H22N2OS. The molecule has 1 heterocycles. The van der Waals surface area contributed by atoms with E-state index in [9.17, 15) is 0 Å². The molecule has 0 saturated carbocycles. The molecule has 0 fully saturated rings. The van der Waals surface area contributed by atoms with Gasteiger partial charge in [-0.15, -0.1) is 11.3 Å². The molecule has 3 nitrogen and oxygen atoms in total. The molecule has 1 aromatic heterocycles. The van der Waals surface area contributed by atoms with E-state index in [2.05, 4.69) is 60.6 Å². The van der Waals surface area contributed by atoms with Crippen molar-refractivity contribution in [2.75, 3.05) is 14.2 Å². The molecule has 0 amide bonds. The fourth-order valence-corrected chi connectivity index (χ4v) is 3.40. The largest absolute Gasteiger partial charge is 0.497 e. The summed E-state index contributed by atoms with van der Waals surface area (Å²) in [4.78, 5) is 7.06. The van der Waals surface area contributed by atoms with Crippen molar-refractivity contribution in [2.45, 2.75) is 20.0 Å². The van der Waals surface area contributed by atoms with Crippen LogP contribution in [-0.4, -0.2) is 24.0 Å². The standard InChI is InChI=1S/C20H22N2OS/c1-15-4-6-16(7-5-15)12-22(2)13-18-14-24-20(21-18)17-8-10-19(23-3)11-9-17/h4-11,14H,12-13H2,1-3H3. The Labute approximate surface area is 147 Å². The number of aryl methyl sites for hydroxylation is 1. The molecule has 0 unspecified atom stereocenters. The van der Waals surface area contributed by atoms with E-state index < -0.39 is 0 Å². The van der Waals surface area contributed by atoms with Crippen molar-refractivity contribution in [1.82, 2.24) is 9.88 Å². The van der Waals surface area contributed by atoms with Gasteiger partial charge in [-0.1, -0.05) is 29.8 Å². The minimum Gasteiger partial charge on any atom is -0.497 e. The molecule has 4 heteroatoms. The molecule has 0 aliphatic carbocycles. The van der Waals surface area contributed by atoms with Gasteiger partial charge in [-0.3, -0.25) is 4.90 Å². The van der Waals surface area contributed by atoms with Crippen molar-refractivity contribution >= 4 is 11.3 Å². The lowest BCUT2D eigenvalue weighted by molar-refractivity contribution is 0.316. The highest BCUT2D eigenvalue weighted by molar-refractivity contribution is 7.13. The van der Waals surface area contributed by atoms with Crippen molar-refractivity contribution < 1.29 is 4.74 Å². The van der Waals surface area contributed by atoms with E-state index in [0.717, 1.165) is 35.1 Å². The van der Waals surface area contributed by atoms with Crippen LogP contribution in [0.25, 0.3) is 10.6 Å². The van der Waals surface area contributed by atoms with Crippen molar-refractivity contribution in [1.29, 1.82) is 0 Å². The first-order valence-electron chi connectivity index (χ1n) is 7.97. The first-order chi connectivity index (χ1) is 11.6. The second kappa shape index (κ2) is 7.60. The number of nitrogens with zero attached hydrogens (tertiary/aromatic N) is 2. The molecule has 2 aromatic carbocycles. The zero-order valence-corrected chi connectivity index (χ0v) is 15.1. The third kappa shape index (κ3) is 4.22. The zero-order chi connectivity index (χ0) is 16.9. The zero-order valence-electron chi connectivity index (χ0n) is 14.3. The highest BCUT2D eigenvalue weighted by Crippen LogP contribution is 2.26. The predicted molar refractivity (Wildman–Crippen MR) is 100 cm³/mol. The SMILES string of the molecule is COc1ccc(-c2nc(CN(C)Cc3ccc(C)cc3)cs2)cc1. The molecule has 0 bridgehead atoms. The Balaban J connectivity index is 1.63. The van der Waals surface area contributed by atoms with Gasteiger partial charge in [-0.2, -0.15) is 0 Å². The van der Waals surface area contributed by atoms with Crippen molar-refractivity contribution in [3.05, 3.63) is 70.7 Å². The van der Waals surface area contributed by atoms with Crippen LogP contribution in [0.15, 0.2) is 53.9 Å². The lowest BCUT2D eigenvalue weighted by Crippen LogP contribution is -2.17. The van der Waals surface area contributed by atoms with Gasteiger partial charge in [0.25, 0.3) is 0 Å². The first kappa shape index (κ1) is 16.7. The van der Waals surface area contributed by atoms with E-state index in [0.29, 0.717) is 0 Å². The van der Waals surface area contributed by atoms with Crippen LogP contribution in [0, 0.1) is 6.92 Å². The van der Waals surface area contributed by atoms with Gasteiger partial charge in [0.15, 0.2) is 0 Å². The summed E-state index contributed by atoms with van der Waals surface area (Å²) in [5.41, 5.74) is 4.87. The Morgan fingerprint density at radius 1 is 1.00 bits per heavy atom. The molecule has 124 valence electrons. The van der Waals surface area contributed by atoms with Gasteiger partial charge in [-0.25, -0.2) is 4.98 Å². The summed E-state index contributed by atoms with van der Waals surface area (Å²) >= 11 is 1.69. The number of thiazole rings is 1. The monoisotopic (exact) mass is 338 g/mol. The van der Waals surface area contributed by atoms with E-state index in [1.54, 1.807) is 18.4 Å². The average Bonchev–Trinajstić information content (AvgIpc) is 3.05. The Morgan fingerprint density at radius 3 is 2.38 bits per heavy atom. The van der Waals surface area contributed by atoms with Crippen LogP contribution >= 0.6 is 11.3 Å². The normalized spacial score (nSPS) is 11.0. The van der Waals surface area contributed by atoms with Crippen LogP contribution in [0.4, 0.5) is 0 Å². The summed E-state index contributed by atoms with van der Waals surface area (Å²) in [6.45, 7) is 3.89. The summed E-state index contributed by atoms with van der Waals surface area (Å²) in [5, 5.41) is 3.20. The summed E-state index contributed by atoms with van der Waals surface area (Å²) in [6.07, 6.45) is 0. The molecule has 0 atom stereocenters. The summed E-state index contributed by atoms with van der Waals surface area (Å²) < 4.78 is 5.20. The Hall–Kier alpha value is -2.17. The van der Waals surface area contributed by atoms with Gasteiger partial charge in [0.05, 0.1) is 12.8 Å². The lowest BCUT2D eigenvalue weighted by Gasteiger charge is -2.15. The minimum atomic E-state index is 0.848. The van der Waals surface area contributed by atoms with Gasteiger partial charge < -0.3 is 4.74 Å². The van der Waals surface area contributed by atoms with Crippen LogP contribution in [0.3, 0.4) is 0 Å². The van der Waals surface area contributed by atoms with E-state index >= 15 is 0 Å². The highest BCUT2D eigenvalue weighted by Gasteiger charge is 2.08. The fraction of sp³-hybridized carbons (Fsp3) is 0.250. The molecule has 0 N–H and O–H groups in total. The fourth-order valence-electron chi connectivity index (χ4n) is 2.58. The molecule has 0 spiro atoms. The van der Waals surface area contributed by atoms with E-state index in [-0.39, 0.29) is 0 Å². The van der Waals surface area contributed by atoms with E-state index in [1.165, 1.54) is 11.1 Å². The number of benzene rings is 2. The lowest BCUT2D eigenvalue weighted by atomic mass is 10.1. The van der Waals surface area contributed by atoms with Crippen LogP contribution in [0.1, 0.15) is 16.8 Å². The number of rotatable bonds is 6. The number of hydrogen-bond acceptors (Lipinski definition) is 4. The molecule has 3 aromatic rings. The third-order valence-electron chi connectivity index (χ3n) is 3.89. The van der Waals surface area contributed by atoms with Gasteiger partial charge in [-0.05, 0) is 43.8 Å².